The van der Waals surface area contributed by atoms with E-state index in [1.54, 1.807) is 0 Å². The van der Waals surface area contributed by atoms with E-state index in [-0.39, 0.29) is 0 Å². The van der Waals surface area contributed by atoms with Crippen LogP contribution in [0.5, 0.6) is 0 Å². The van der Waals surface area contributed by atoms with Gasteiger partial charge in [0, 0.05) is 19.2 Å². The van der Waals surface area contributed by atoms with Crippen LogP contribution in [0.2, 0.25) is 0 Å². The number of nitrogens with zero attached hydrogens (tertiary/aromatic N) is 3. The molecule has 5 nitrogen and oxygen atoms in total. The Hall–Kier alpha value is -1.46. The second-order valence-electron chi connectivity index (χ2n) is 4.97. The van der Waals surface area contributed by atoms with Crippen LogP contribution in [0.15, 0.2) is 18.3 Å². The molecule has 3 rings (SSSR count). The third kappa shape index (κ3) is 2.37. The number of nitrogens with one attached hydrogen (secondary N) is 1. The minimum atomic E-state index is 0.549. The van der Waals surface area contributed by atoms with Crippen LogP contribution in [0.25, 0.3) is 5.65 Å². The average molecular weight is 245 g/mol. The van der Waals surface area contributed by atoms with Crippen molar-refractivity contribution < 1.29 is 0 Å². The summed E-state index contributed by atoms with van der Waals surface area (Å²) in [6, 6.07) is 4.01. The van der Waals surface area contributed by atoms with E-state index in [1.165, 1.54) is 12.8 Å². The number of hydrogen-bond donors (Lipinski definition) is 2. The Morgan fingerprint density at radius 1 is 1.39 bits per heavy atom. The Bertz CT molecular complexity index is 527. The maximum atomic E-state index is 5.63. The topological polar surface area (TPSA) is 68.2 Å². The van der Waals surface area contributed by atoms with E-state index in [1.807, 2.05) is 22.8 Å². The first-order valence-corrected chi connectivity index (χ1v) is 6.60. The van der Waals surface area contributed by atoms with Gasteiger partial charge in [-0.05, 0) is 49.5 Å². The SMILES string of the molecule is NCc1ccn2nc(CC3CCNCC3)nc2c1. The standard InChI is InChI=1S/C13H19N5/c14-9-11-3-6-18-13(8-11)16-12(17-18)7-10-1-4-15-5-2-10/h3,6,8,10,15H,1-2,4-5,7,9,14H2. The van der Waals surface area contributed by atoms with E-state index in [2.05, 4.69) is 15.4 Å². The zero-order valence-electron chi connectivity index (χ0n) is 10.5. The maximum absolute atomic E-state index is 5.63. The molecular formula is C13H19N5. The number of piperidine rings is 1. The zero-order valence-corrected chi connectivity index (χ0v) is 10.5. The largest absolute Gasteiger partial charge is 0.326 e. The molecule has 0 saturated carbocycles. The monoisotopic (exact) mass is 245 g/mol. The molecule has 0 spiro atoms. The fraction of sp³-hybridized carbons (Fsp3) is 0.538. The number of fused-ring (bicyclic) bond motifs is 1. The number of rotatable bonds is 3. The normalized spacial score (nSPS) is 17.4. The van der Waals surface area contributed by atoms with Gasteiger partial charge in [0.2, 0.25) is 0 Å². The van der Waals surface area contributed by atoms with Crippen LogP contribution in [0, 0.1) is 5.92 Å². The summed E-state index contributed by atoms with van der Waals surface area (Å²) >= 11 is 0. The van der Waals surface area contributed by atoms with Crippen LogP contribution < -0.4 is 11.1 Å². The Kier molecular flexibility index (Phi) is 3.25. The zero-order chi connectivity index (χ0) is 12.4. The van der Waals surface area contributed by atoms with Crippen molar-refractivity contribution >= 4 is 5.65 Å². The Morgan fingerprint density at radius 3 is 3.00 bits per heavy atom. The van der Waals surface area contributed by atoms with Gasteiger partial charge in [-0.3, -0.25) is 0 Å². The highest BCUT2D eigenvalue weighted by atomic mass is 15.3. The number of aromatic nitrogens is 3. The predicted octanol–water partition coefficient (Wildman–Crippen LogP) is 0.730. The van der Waals surface area contributed by atoms with Crippen molar-refractivity contribution in [2.45, 2.75) is 25.8 Å². The summed E-state index contributed by atoms with van der Waals surface area (Å²) in [7, 11) is 0. The van der Waals surface area contributed by atoms with E-state index >= 15 is 0 Å². The third-order valence-corrected chi connectivity index (χ3v) is 3.61. The van der Waals surface area contributed by atoms with Gasteiger partial charge in [-0.1, -0.05) is 0 Å². The van der Waals surface area contributed by atoms with Crippen LogP contribution in [-0.2, 0) is 13.0 Å². The molecule has 2 aromatic rings. The second kappa shape index (κ2) is 5.04. The molecule has 0 bridgehead atoms. The molecule has 1 aliphatic heterocycles. The van der Waals surface area contributed by atoms with E-state index in [0.29, 0.717) is 6.54 Å². The molecule has 0 unspecified atom stereocenters. The molecule has 18 heavy (non-hydrogen) atoms. The van der Waals surface area contributed by atoms with E-state index in [0.717, 1.165) is 42.5 Å². The van der Waals surface area contributed by atoms with Crippen LogP contribution in [0.3, 0.4) is 0 Å². The van der Waals surface area contributed by atoms with E-state index in [4.69, 9.17) is 5.73 Å². The van der Waals surface area contributed by atoms with E-state index in [9.17, 15) is 0 Å². The average Bonchev–Trinajstić information content (AvgIpc) is 2.80. The first-order chi connectivity index (χ1) is 8.85. The third-order valence-electron chi connectivity index (χ3n) is 3.61. The highest BCUT2D eigenvalue weighted by Crippen LogP contribution is 2.16. The summed E-state index contributed by atoms with van der Waals surface area (Å²) in [6.07, 6.45) is 5.38. The van der Waals surface area contributed by atoms with Crippen molar-refractivity contribution in [2.24, 2.45) is 11.7 Å². The van der Waals surface area contributed by atoms with Crippen molar-refractivity contribution in [3.05, 3.63) is 29.7 Å². The molecule has 2 aromatic heterocycles. The first-order valence-electron chi connectivity index (χ1n) is 6.60. The molecule has 0 aliphatic carbocycles. The van der Waals surface area contributed by atoms with Crippen LogP contribution >= 0.6 is 0 Å². The van der Waals surface area contributed by atoms with Gasteiger partial charge >= 0.3 is 0 Å². The second-order valence-corrected chi connectivity index (χ2v) is 4.97. The molecule has 0 atom stereocenters. The van der Waals surface area contributed by atoms with Gasteiger partial charge < -0.3 is 11.1 Å². The van der Waals surface area contributed by atoms with Gasteiger partial charge in [0.05, 0.1) is 0 Å². The molecule has 0 aromatic carbocycles. The van der Waals surface area contributed by atoms with Crippen molar-refractivity contribution in [2.75, 3.05) is 13.1 Å². The highest BCUT2D eigenvalue weighted by Gasteiger charge is 2.16. The lowest BCUT2D eigenvalue weighted by Gasteiger charge is -2.20. The predicted molar refractivity (Wildman–Crippen MR) is 70.2 cm³/mol. The fourth-order valence-corrected chi connectivity index (χ4v) is 2.53. The van der Waals surface area contributed by atoms with Crippen molar-refractivity contribution in [1.82, 2.24) is 19.9 Å². The van der Waals surface area contributed by atoms with Gasteiger partial charge in [0.1, 0.15) is 0 Å². The number of hydrogen-bond acceptors (Lipinski definition) is 4. The van der Waals surface area contributed by atoms with E-state index < -0.39 is 0 Å². The quantitative estimate of drug-likeness (QED) is 0.836. The Labute approximate surface area is 106 Å². The molecule has 1 saturated heterocycles. The van der Waals surface area contributed by atoms with Gasteiger partial charge in [0.15, 0.2) is 11.5 Å². The van der Waals surface area contributed by atoms with Crippen LogP contribution in [0.1, 0.15) is 24.2 Å². The maximum Gasteiger partial charge on any atom is 0.155 e. The minimum absolute atomic E-state index is 0.549. The summed E-state index contributed by atoms with van der Waals surface area (Å²) in [5, 5.41) is 7.91. The lowest BCUT2D eigenvalue weighted by Crippen LogP contribution is -2.28. The van der Waals surface area contributed by atoms with Gasteiger partial charge in [-0.2, -0.15) is 5.10 Å². The van der Waals surface area contributed by atoms with Crippen molar-refractivity contribution in [3.63, 3.8) is 0 Å². The molecule has 0 radical (unpaired) electrons. The molecule has 96 valence electrons. The minimum Gasteiger partial charge on any atom is -0.326 e. The molecule has 3 heterocycles. The molecule has 1 fully saturated rings. The van der Waals surface area contributed by atoms with Gasteiger partial charge in [-0.25, -0.2) is 9.50 Å². The van der Waals surface area contributed by atoms with Crippen LogP contribution in [0.4, 0.5) is 0 Å². The smallest absolute Gasteiger partial charge is 0.155 e. The van der Waals surface area contributed by atoms with Gasteiger partial charge in [-0.15, -0.1) is 0 Å². The first kappa shape index (κ1) is 11.6. The number of pyridine rings is 1. The lowest BCUT2D eigenvalue weighted by atomic mass is 9.94. The molecular weight excluding hydrogens is 226 g/mol. The number of nitrogens with two attached hydrogens (primary N) is 1. The Balaban J connectivity index is 1.79. The van der Waals surface area contributed by atoms with Crippen molar-refractivity contribution in [3.8, 4) is 0 Å². The highest BCUT2D eigenvalue weighted by molar-refractivity contribution is 5.40. The summed E-state index contributed by atoms with van der Waals surface area (Å²) in [5.74, 6) is 1.67. The van der Waals surface area contributed by atoms with Crippen molar-refractivity contribution in [1.29, 1.82) is 0 Å². The Morgan fingerprint density at radius 2 is 2.22 bits per heavy atom. The summed E-state index contributed by atoms with van der Waals surface area (Å²) < 4.78 is 1.84. The fourth-order valence-electron chi connectivity index (χ4n) is 2.53. The molecule has 1 aliphatic rings. The van der Waals surface area contributed by atoms with Crippen LogP contribution in [-0.4, -0.2) is 27.7 Å². The molecule has 5 heteroatoms. The molecule has 0 amide bonds. The van der Waals surface area contributed by atoms with Gasteiger partial charge in [0.25, 0.3) is 0 Å². The summed E-state index contributed by atoms with van der Waals surface area (Å²) in [6.45, 7) is 2.79. The lowest BCUT2D eigenvalue weighted by molar-refractivity contribution is 0.367. The summed E-state index contributed by atoms with van der Waals surface area (Å²) in [5.41, 5.74) is 7.64. The molecule has 3 N–H and O–H groups in total. The summed E-state index contributed by atoms with van der Waals surface area (Å²) in [4.78, 5) is 4.59.